The lowest BCUT2D eigenvalue weighted by molar-refractivity contribution is 0.122. The zero-order valence-electron chi connectivity index (χ0n) is 13.4. The lowest BCUT2D eigenvalue weighted by atomic mass is 10.3. The number of rotatable bonds is 5. The molecule has 1 unspecified atom stereocenters. The monoisotopic (exact) mass is 336 g/mol. The van der Waals surface area contributed by atoms with Gasteiger partial charge in [-0.1, -0.05) is 31.7 Å². The predicted molar refractivity (Wildman–Crippen MR) is 90.0 cm³/mol. The Balaban J connectivity index is 2.02. The highest BCUT2D eigenvalue weighted by Crippen LogP contribution is 2.30. The van der Waals surface area contributed by atoms with E-state index >= 15 is 0 Å². The van der Waals surface area contributed by atoms with Crippen molar-refractivity contribution in [2.45, 2.75) is 30.7 Å². The molecule has 1 aliphatic heterocycles. The van der Waals surface area contributed by atoms with Gasteiger partial charge in [-0.25, -0.2) is 4.39 Å². The van der Waals surface area contributed by atoms with Crippen LogP contribution in [0.5, 0.6) is 0 Å². The van der Waals surface area contributed by atoms with Gasteiger partial charge in [0.05, 0.1) is 18.9 Å². The Bertz CT molecular complexity index is 657. The molecule has 1 saturated heterocycles. The molecular formula is C16H21FN4OS. The predicted octanol–water partition coefficient (Wildman–Crippen LogP) is 3.13. The number of hydrogen-bond donors (Lipinski definition) is 0. The Hall–Kier alpha value is -1.60. The second kappa shape index (κ2) is 7.31. The fourth-order valence-electron chi connectivity index (χ4n) is 2.41. The maximum Gasteiger partial charge on any atom is 0.232 e. The normalized spacial score (nSPS) is 16.6. The van der Waals surface area contributed by atoms with Crippen LogP contribution >= 0.6 is 11.8 Å². The van der Waals surface area contributed by atoms with Gasteiger partial charge >= 0.3 is 0 Å². The van der Waals surface area contributed by atoms with Gasteiger partial charge in [0.25, 0.3) is 0 Å². The van der Waals surface area contributed by atoms with Crippen molar-refractivity contribution in [3.8, 4) is 5.69 Å². The van der Waals surface area contributed by atoms with Crippen LogP contribution in [-0.2, 0) is 4.74 Å². The molecule has 3 rings (SSSR count). The highest BCUT2D eigenvalue weighted by atomic mass is 32.2. The van der Waals surface area contributed by atoms with Crippen molar-refractivity contribution in [1.29, 1.82) is 0 Å². The summed E-state index contributed by atoms with van der Waals surface area (Å²) >= 11 is 1.66. The Morgan fingerprint density at radius 2 is 2.09 bits per heavy atom. The molecule has 2 heterocycles. The van der Waals surface area contributed by atoms with Gasteiger partial charge in [0, 0.05) is 18.3 Å². The summed E-state index contributed by atoms with van der Waals surface area (Å²) in [5.41, 5.74) is 0.752. The molecule has 1 aromatic carbocycles. The third-order valence-corrected chi connectivity index (χ3v) is 5.07. The zero-order valence-corrected chi connectivity index (χ0v) is 14.2. The van der Waals surface area contributed by atoms with Crippen LogP contribution in [-0.4, -0.2) is 46.3 Å². The number of halogens is 1. The van der Waals surface area contributed by atoms with E-state index in [1.165, 1.54) is 12.1 Å². The van der Waals surface area contributed by atoms with E-state index in [1.54, 1.807) is 17.8 Å². The van der Waals surface area contributed by atoms with Gasteiger partial charge in [-0.3, -0.25) is 4.57 Å². The van der Waals surface area contributed by atoms with E-state index in [4.69, 9.17) is 4.74 Å². The molecule has 0 radical (unpaired) electrons. The van der Waals surface area contributed by atoms with Crippen molar-refractivity contribution in [1.82, 2.24) is 14.8 Å². The smallest absolute Gasteiger partial charge is 0.232 e. The van der Waals surface area contributed by atoms with Crippen LogP contribution in [0.1, 0.15) is 20.3 Å². The molecule has 23 heavy (non-hydrogen) atoms. The number of hydrogen-bond acceptors (Lipinski definition) is 5. The van der Waals surface area contributed by atoms with Gasteiger partial charge < -0.3 is 9.64 Å². The Morgan fingerprint density at radius 1 is 1.30 bits per heavy atom. The third kappa shape index (κ3) is 3.67. The minimum atomic E-state index is -0.261. The summed E-state index contributed by atoms with van der Waals surface area (Å²) in [6.45, 7) is 7.17. The quantitative estimate of drug-likeness (QED) is 0.785. The molecule has 5 nitrogen and oxygen atoms in total. The molecule has 0 saturated carbocycles. The van der Waals surface area contributed by atoms with Gasteiger partial charge in [0.1, 0.15) is 5.82 Å². The van der Waals surface area contributed by atoms with E-state index in [1.807, 2.05) is 10.6 Å². The number of nitrogens with zero attached hydrogens (tertiary/aromatic N) is 4. The Morgan fingerprint density at radius 3 is 2.78 bits per heavy atom. The highest BCUT2D eigenvalue weighted by Gasteiger charge is 2.22. The van der Waals surface area contributed by atoms with Gasteiger partial charge in [-0.15, -0.1) is 10.2 Å². The molecular weight excluding hydrogens is 315 g/mol. The van der Waals surface area contributed by atoms with E-state index in [9.17, 15) is 4.39 Å². The summed E-state index contributed by atoms with van der Waals surface area (Å²) in [5.74, 6) is 0.494. The first kappa shape index (κ1) is 16.3. The van der Waals surface area contributed by atoms with Crippen LogP contribution in [0.2, 0.25) is 0 Å². The fourth-order valence-corrected chi connectivity index (χ4v) is 3.32. The number of anilines is 1. The molecule has 1 aromatic heterocycles. The summed E-state index contributed by atoms with van der Waals surface area (Å²) < 4.78 is 21.1. The van der Waals surface area contributed by atoms with Gasteiger partial charge in [-0.2, -0.15) is 0 Å². The van der Waals surface area contributed by atoms with Crippen LogP contribution < -0.4 is 4.90 Å². The standard InChI is InChI=1S/C16H21FN4OS/c1-3-12(2)23-16-19-18-15(20-7-9-22-10-8-20)21(16)14-6-4-5-13(17)11-14/h4-6,11-12H,3,7-10H2,1-2H3. The molecule has 1 atom stereocenters. The molecule has 2 aromatic rings. The Kier molecular flexibility index (Phi) is 5.17. The molecule has 124 valence electrons. The summed E-state index contributed by atoms with van der Waals surface area (Å²) in [6, 6.07) is 6.57. The molecule has 7 heteroatoms. The summed E-state index contributed by atoms with van der Waals surface area (Å²) in [7, 11) is 0. The van der Waals surface area contributed by atoms with Crippen molar-refractivity contribution in [3.05, 3.63) is 30.1 Å². The number of thioether (sulfide) groups is 1. The van der Waals surface area contributed by atoms with Crippen LogP contribution in [0.3, 0.4) is 0 Å². The van der Waals surface area contributed by atoms with E-state index in [0.29, 0.717) is 18.5 Å². The molecule has 1 aliphatic rings. The maximum absolute atomic E-state index is 13.7. The number of ether oxygens (including phenoxy) is 1. The highest BCUT2D eigenvalue weighted by molar-refractivity contribution is 7.99. The SMILES string of the molecule is CCC(C)Sc1nnc(N2CCOCC2)n1-c1cccc(F)c1. The minimum Gasteiger partial charge on any atom is -0.378 e. The van der Waals surface area contributed by atoms with Gasteiger partial charge in [0.2, 0.25) is 5.95 Å². The summed E-state index contributed by atoms with van der Waals surface area (Å²) in [4.78, 5) is 2.14. The lowest BCUT2D eigenvalue weighted by Crippen LogP contribution is -2.37. The molecule has 0 N–H and O–H groups in total. The van der Waals surface area contributed by atoms with Crippen LogP contribution in [0.25, 0.3) is 5.69 Å². The van der Waals surface area contributed by atoms with Crippen molar-refractivity contribution in [3.63, 3.8) is 0 Å². The summed E-state index contributed by atoms with van der Waals surface area (Å²) in [5, 5.41) is 9.95. The first-order chi connectivity index (χ1) is 11.2. The van der Waals surface area contributed by atoms with Crippen molar-refractivity contribution in [2.24, 2.45) is 0 Å². The average Bonchev–Trinajstić information content (AvgIpc) is 2.99. The Labute approximate surface area is 139 Å². The zero-order chi connectivity index (χ0) is 16.2. The van der Waals surface area contributed by atoms with Gasteiger partial charge in [0.15, 0.2) is 5.16 Å². The molecule has 0 spiro atoms. The topological polar surface area (TPSA) is 43.2 Å². The second-order valence-electron chi connectivity index (χ2n) is 5.53. The van der Waals surface area contributed by atoms with Crippen LogP contribution in [0, 0.1) is 5.82 Å². The first-order valence-corrected chi connectivity index (χ1v) is 8.77. The summed E-state index contributed by atoms with van der Waals surface area (Å²) in [6.07, 6.45) is 1.04. The second-order valence-corrected chi connectivity index (χ2v) is 6.94. The first-order valence-electron chi connectivity index (χ1n) is 7.89. The molecule has 0 aliphatic carbocycles. The molecule has 1 fully saturated rings. The van der Waals surface area contributed by atoms with Crippen molar-refractivity contribution in [2.75, 3.05) is 31.2 Å². The van der Waals surface area contributed by atoms with E-state index < -0.39 is 0 Å². The van der Waals surface area contributed by atoms with Crippen molar-refractivity contribution >= 4 is 17.7 Å². The third-order valence-electron chi connectivity index (χ3n) is 3.86. The molecule has 0 amide bonds. The van der Waals surface area contributed by atoms with Crippen LogP contribution in [0.4, 0.5) is 10.3 Å². The largest absolute Gasteiger partial charge is 0.378 e. The van der Waals surface area contributed by atoms with E-state index in [-0.39, 0.29) is 5.82 Å². The number of aromatic nitrogens is 3. The van der Waals surface area contributed by atoms with Gasteiger partial charge in [-0.05, 0) is 24.6 Å². The minimum absolute atomic E-state index is 0.261. The van der Waals surface area contributed by atoms with Crippen molar-refractivity contribution < 1.29 is 9.13 Å². The van der Waals surface area contributed by atoms with Crippen LogP contribution in [0.15, 0.2) is 29.4 Å². The maximum atomic E-state index is 13.7. The number of morpholine rings is 1. The molecule has 0 bridgehead atoms. The van der Waals surface area contributed by atoms with E-state index in [0.717, 1.165) is 36.3 Å². The fraction of sp³-hybridized carbons (Fsp3) is 0.500. The van der Waals surface area contributed by atoms with E-state index in [2.05, 4.69) is 28.9 Å². The lowest BCUT2D eigenvalue weighted by Gasteiger charge is -2.28. The number of benzene rings is 1. The average molecular weight is 336 g/mol.